The molecule has 0 saturated carbocycles. The van der Waals surface area contributed by atoms with E-state index in [9.17, 15) is 22.8 Å². The summed E-state index contributed by atoms with van der Waals surface area (Å²) in [7, 11) is 0. The molecule has 2 saturated heterocycles. The van der Waals surface area contributed by atoms with E-state index in [0.29, 0.717) is 23.5 Å². The third-order valence-electron chi connectivity index (χ3n) is 5.94. The molecule has 0 aliphatic carbocycles. The van der Waals surface area contributed by atoms with Crippen LogP contribution in [0.3, 0.4) is 0 Å². The van der Waals surface area contributed by atoms with Crippen LogP contribution in [-0.4, -0.2) is 54.7 Å². The van der Waals surface area contributed by atoms with Crippen molar-refractivity contribution in [1.29, 1.82) is 0 Å². The Morgan fingerprint density at radius 3 is 2.52 bits per heavy atom. The van der Waals surface area contributed by atoms with E-state index >= 15 is 0 Å². The molecule has 0 N–H and O–H groups in total. The van der Waals surface area contributed by atoms with E-state index in [4.69, 9.17) is 4.74 Å². The minimum absolute atomic E-state index is 0.0557. The Labute approximate surface area is 194 Å². The molecule has 2 fully saturated rings. The van der Waals surface area contributed by atoms with Gasteiger partial charge in [-0.1, -0.05) is 12.1 Å². The van der Waals surface area contributed by atoms with E-state index in [2.05, 4.69) is 0 Å². The fourth-order valence-electron chi connectivity index (χ4n) is 4.07. The van der Waals surface area contributed by atoms with E-state index in [1.165, 1.54) is 23.9 Å². The number of amides is 1. The minimum Gasteiger partial charge on any atom is -0.461 e. The van der Waals surface area contributed by atoms with Gasteiger partial charge in [0, 0.05) is 38.2 Å². The Bertz CT molecular complexity index is 1020. The molecule has 1 unspecified atom stereocenters. The number of piperidine rings is 1. The van der Waals surface area contributed by atoms with Crippen LogP contribution in [0, 0.1) is 12.7 Å². The normalized spacial score (nSPS) is 20.8. The predicted molar refractivity (Wildman–Crippen MR) is 121 cm³/mol. The molecular formula is C24H25F3N2O3S. The maximum Gasteiger partial charge on any atom is 0.338 e. The highest BCUT2D eigenvalue weighted by molar-refractivity contribution is 8.00. The number of hydrogen-bond acceptors (Lipinski definition) is 5. The summed E-state index contributed by atoms with van der Waals surface area (Å²) in [5.74, 6) is -3.17. The number of hydrogen-bond donors (Lipinski definition) is 0. The summed E-state index contributed by atoms with van der Waals surface area (Å²) in [6.07, 6.45) is -0.345. The third kappa shape index (κ3) is 5.52. The SMILES string of the molecule is Cc1cc(C(=O)OCCN2CCC(F)(F)CC2)ccc1N1C(=O)CSC1c1ccc(F)cc1. The van der Waals surface area contributed by atoms with E-state index in [1.807, 2.05) is 11.8 Å². The lowest BCUT2D eigenvalue weighted by Gasteiger charge is -2.31. The van der Waals surface area contributed by atoms with Crippen LogP contribution < -0.4 is 4.90 Å². The van der Waals surface area contributed by atoms with Gasteiger partial charge in [0.05, 0.1) is 11.3 Å². The van der Waals surface area contributed by atoms with Crippen LogP contribution in [0.4, 0.5) is 18.9 Å². The Morgan fingerprint density at radius 1 is 1.15 bits per heavy atom. The van der Waals surface area contributed by atoms with E-state index < -0.39 is 11.9 Å². The number of ether oxygens (including phenoxy) is 1. The van der Waals surface area contributed by atoms with Crippen molar-refractivity contribution >= 4 is 29.3 Å². The number of thioether (sulfide) groups is 1. The second kappa shape index (κ2) is 9.77. The molecule has 2 heterocycles. The number of aryl methyl sites for hydroxylation is 1. The fraction of sp³-hybridized carbons (Fsp3) is 0.417. The van der Waals surface area contributed by atoms with Gasteiger partial charge in [-0.05, 0) is 48.4 Å². The average Bonchev–Trinajstić information content (AvgIpc) is 3.16. The summed E-state index contributed by atoms with van der Waals surface area (Å²) in [6, 6.07) is 11.1. The van der Waals surface area contributed by atoms with Gasteiger partial charge in [0.15, 0.2) is 0 Å². The number of rotatable bonds is 6. The van der Waals surface area contributed by atoms with Gasteiger partial charge in [0.1, 0.15) is 17.8 Å². The van der Waals surface area contributed by atoms with Crippen molar-refractivity contribution in [2.75, 3.05) is 36.9 Å². The highest BCUT2D eigenvalue weighted by Gasteiger charge is 2.35. The number of anilines is 1. The molecule has 1 atom stereocenters. The number of likely N-dealkylation sites (tertiary alicyclic amines) is 1. The van der Waals surface area contributed by atoms with Crippen molar-refractivity contribution < 1.29 is 27.5 Å². The number of alkyl halides is 2. The van der Waals surface area contributed by atoms with Gasteiger partial charge >= 0.3 is 5.97 Å². The van der Waals surface area contributed by atoms with Gasteiger partial charge in [0.25, 0.3) is 5.92 Å². The zero-order valence-electron chi connectivity index (χ0n) is 18.2. The quantitative estimate of drug-likeness (QED) is 0.559. The summed E-state index contributed by atoms with van der Waals surface area (Å²) < 4.78 is 45.1. The molecule has 4 rings (SSSR count). The molecule has 33 heavy (non-hydrogen) atoms. The van der Waals surface area contributed by atoms with Crippen LogP contribution in [0.2, 0.25) is 0 Å². The molecule has 0 radical (unpaired) electrons. The van der Waals surface area contributed by atoms with Gasteiger partial charge in [-0.25, -0.2) is 18.0 Å². The van der Waals surface area contributed by atoms with Crippen molar-refractivity contribution in [3.8, 4) is 0 Å². The predicted octanol–water partition coefficient (Wildman–Crippen LogP) is 4.80. The van der Waals surface area contributed by atoms with Gasteiger partial charge in [-0.3, -0.25) is 14.6 Å². The smallest absolute Gasteiger partial charge is 0.338 e. The van der Waals surface area contributed by atoms with E-state index in [0.717, 1.165) is 11.1 Å². The number of nitrogens with zero attached hydrogens (tertiary/aromatic N) is 2. The van der Waals surface area contributed by atoms with E-state index in [-0.39, 0.29) is 49.6 Å². The van der Waals surface area contributed by atoms with Gasteiger partial charge in [0.2, 0.25) is 5.91 Å². The van der Waals surface area contributed by atoms with Crippen LogP contribution >= 0.6 is 11.8 Å². The number of halogens is 3. The lowest BCUT2D eigenvalue weighted by molar-refractivity contribution is -0.115. The molecule has 2 aliphatic heterocycles. The van der Waals surface area contributed by atoms with Crippen LogP contribution in [0.5, 0.6) is 0 Å². The number of benzene rings is 2. The summed E-state index contributed by atoms with van der Waals surface area (Å²) in [5, 5.41) is -0.272. The first-order valence-electron chi connectivity index (χ1n) is 10.8. The minimum atomic E-state index is -2.60. The summed E-state index contributed by atoms with van der Waals surface area (Å²) in [5.41, 5.74) is 2.61. The molecule has 9 heteroatoms. The summed E-state index contributed by atoms with van der Waals surface area (Å²) in [6.45, 7) is 2.93. The number of carbonyl (C=O) groups excluding carboxylic acids is 2. The molecule has 0 bridgehead atoms. The highest BCUT2D eigenvalue weighted by Crippen LogP contribution is 2.42. The monoisotopic (exact) mass is 478 g/mol. The molecule has 176 valence electrons. The van der Waals surface area contributed by atoms with Crippen LogP contribution in [0.15, 0.2) is 42.5 Å². The van der Waals surface area contributed by atoms with Crippen molar-refractivity contribution in [3.05, 3.63) is 65.0 Å². The first-order valence-corrected chi connectivity index (χ1v) is 11.9. The maximum atomic E-state index is 13.3. The summed E-state index contributed by atoms with van der Waals surface area (Å²) in [4.78, 5) is 28.6. The largest absolute Gasteiger partial charge is 0.461 e. The average molecular weight is 479 g/mol. The lowest BCUT2D eigenvalue weighted by atomic mass is 10.1. The van der Waals surface area contributed by atoms with Gasteiger partial charge < -0.3 is 4.74 Å². The summed E-state index contributed by atoms with van der Waals surface area (Å²) >= 11 is 1.47. The standard InChI is InChI=1S/C24H25F3N2O3S/c1-16-14-18(23(31)32-13-12-28-10-8-24(26,27)9-11-28)4-7-20(16)29-21(30)15-33-22(29)17-2-5-19(25)6-3-17/h2-7,14,22H,8-13,15H2,1H3. The fourth-order valence-corrected chi connectivity index (χ4v) is 5.24. The molecule has 0 aromatic heterocycles. The van der Waals surface area contributed by atoms with Crippen LogP contribution in [-0.2, 0) is 9.53 Å². The van der Waals surface area contributed by atoms with Crippen LogP contribution in [0.25, 0.3) is 0 Å². The lowest BCUT2D eigenvalue weighted by Crippen LogP contribution is -2.41. The molecular weight excluding hydrogens is 453 g/mol. The zero-order valence-corrected chi connectivity index (χ0v) is 19.0. The zero-order chi connectivity index (χ0) is 23.6. The van der Waals surface area contributed by atoms with Gasteiger partial charge in [-0.2, -0.15) is 0 Å². The Morgan fingerprint density at radius 2 is 1.85 bits per heavy atom. The molecule has 2 aromatic rings. The van der Waals surface area contributed by atoms with Gasteiger partial charge in [-0.15, -0.1) is 11.8 Å². The Kier molecular flexibility index (Phi) is 6.99. The second-order valence-corrected chi connectivity index (χ2v) is 9.38. The number of carbonyl (C=O) groups is 2. The van der Waals surface area contributed by atoms with Crippen molar-refractivity contribution in [2.45, 2.75) is 31.1 Å². The van der Waals surface area contributed by atoms with Crippen molar-refractivity contribution in [1.82, 2.24) is 4.90 Å². The Balaban J connectivity index is 1.39. The molecule has 2 aliphatic rings. The molecule has 1 amide bonds. The highest BCUT2D eigenvalue weighted by atomic mass is 32.2. The Hall–Kier alpha value is -2.52. The maximum absolute atomic E-state index is 13.3. The topological polar surface area (TPSA) is 49.9 Å². The van der Waals surface area contributed by atoms with Crippen LogP contribution in [0.1, 0.15) is 39.7 Å². The first-order chi connectivity index (χ1) is 15.7. The number of esters is 1. The molecule has 5 nitrogen and oxygen atoms in total. The molecule has 2 aromatic carbocycles. The van der Waals surface area contributed by atoms with Crippen molar-refractivity contribution in [3.63, 3.8) is 0 Å². The molecule has 0 spiro atoms. The second-order valence-electron chi connectivity index (χ2n) is 8.31. The van der Waals surface area contributed by atoms with Crippen molar-refractivity contribution in [2.24, 2.45) is 0 Å². The first kappa shape index (κ1) is 23.6. The third-order valence-corrected chi connectivity index (χ3v) is 7.16. The van der Waals surface area contributed by atoms with E-state index in [1.54, 1.807) is 35.2 Å².